The number of nitrogens with zero attached hydrogens (tertiary/aromatic N) is 1. The minimum absolute atomic E-state index is 1.11. The van der Waals surface area contributed by atoms with Crippen LogP contribution >= 0.6 is 0 Å². The first-order chi connectivity index (χ1) is 12.4. The van der Waals surface area contributed by atoms with Gasteiger partial charge >= 0.3 is 0 Å². The zero-order valence-electron chi connectivity index (χ0n) is 14.7. The summed E-state index contributed by atoms with van der Waals surface area (Å²) in [7, 11) is 0. The van der Waals surface area contributed by atoms with Crippen LogP contribution in [0.25, 0.3) is 10.9 Å². The largest absolute Gasteiger partial charge is 0.361 e. The standard InChI is InChI=1S/C23H26N2/c1-2-6-19(7-3-1)12-15-25-16-13-20(14-17-25)10-11-21-18-24-23-9-5-4-8-22(21)23/h1-9,13,18,24H,10-12,14-17H2. The van der Waals surface area contributed by atoms with Crippen LogP contribution in [-0.4, -0.2) is 29.5 Å². The summed E-state index contributed by atoms with van der Waals surface area (Å²) in [5.41, 5.74) is 5.77. The van der Waals surface area contributed by atoms with Gasteiger partial charge in [-0.05, 0) is 42.9 Å². The molecular formula is C23H26N2. The third kappa shape index (κ3) is 4.02. The molecule has 2 aromatic carbocycles. The summed E-state index contributed by atoms with van der Waals surface area (Å²) < 4.78 is 0. The molecule has 1 aliphatic rings. The summed E-state index contributed by atoms with van der Waals surface area (Å²) in [5.74, 6) is 0. The molecule has 2 nitrogen and oxygen atoms in total. The van der Waals surface area contributed by atoms with Crippen molar-refractivity contribution in [2.45, 2.75) is 25.7 Å². The van der Waals surface area contributed by atoms with Crippen molar-refractivity contribution in [3.63, 3.8) is 0 Å². The Bertz CT molecular complexity index is 845. The lowest BCUT2D eigenvalue weighted by molar-refractivity contribution is 0.296. The number of aromatic nitrogens is 1. The van der Waals surface area contributed by atoms with E-state index in [9.17, 15) is 0 Å². The highest BCUT2D eigenvalue weighted by Gasteiger charge is 2.12. The number of aromatic amines is 1. The first-order valence-corrected chi connectivity index (χ1v) is 9.38. The molecule has 0 fully saturated rings. The van der Waals surface area contributed by atoms with Crippen LogP contribution in [0, 0.1) is 0 Å². The van der Waals surface area contributed by atoms with E-state index in [2.05, 4.69) is 76.8 Å². The maximum absolute atomic E-state index is 3.39. The Morgan fingerprint density at radius 1 is 0.880 bits per heavy atom. The van der Waals surface area contributed by atoms with E-state index < -0.39 is 0 Å². The number of aryl methyl sites for hydroxylation is 1. The number of nitrogens with one attached hydrogen (secondary N) is 1. The Balaban J connectivity index is 1.28. The smallest absolute Gasteiger partial charge is 0.0456 e. The molecule has 0 aliphatic carbocycles. The summed E-state index contributed by atoms with van der Waals surface area (Å²) in [4.78, 5) is 5.96. The van der Waals surface area contributed by atoms with Gasteiger partial charge in [0.1, 0.15) is 0 Å². The molecule has 2 heterocycles. The van der Waals surface area contributed by atoms with Crippen molar-refractivity contribution >= 4 is 10.9 Å². The van der Waals surface area contributed by atoms with Crippen molar-refractivity contribution in [2.24, 2.45) is 0 Å². The van der Waals surface area contributed by atoms with Crippen LogP contribution < -0.4 is 0 Å². The van der Waals surface area contributed by atoms with Gasteiger partial charge in [0.05, 0.1) is 0 Å². The predicted octanol–water partition coefficient (Wildman–Crippen LogP) is 4.98. The molecular weight excluding hydrogens is 304 g/mol. The normalized spacial score (nSPS) is 15.4. The van der Waals surface area contributed by atoms with E-state index in [1.807, 2.05) is 0 Å². The number of hydrogen-bond donors (Lipinski definition) is 1. The lowest BCUT2D eigenvalue weighted by Gasteiger charge is -2.26. The number of fused-ring (bicyclic) bond motifs is 1. The molecule has 0 spiro atoms. The average Bonchev–Trinajstić information content (AvgIpc) is 3.10. The summed E-state index contributed by atoms with van der Waals surface area (Å²) in [5, 5.41) is 1.38. The van der Waals surface area contributed by atoms with Crippen LogP contribution in [0.2, 0.25) is 0 Å². The number of hydrogen-bond acceptors (Lipinski definition) is 1. The van der Waals surface area contributed by atoms with Gasteiger partial charge in [0.2, 0.25) is 0 Å². The Hall–Kier alpha value is -2.32. The van der Waals surface area contributed by atoms with Gasteiger partial charge in [-0.1, -0.05) is 60.2 Å². The average molecular weight is 330 g/mol. The third-order valence-electron chi connectivity index (χ3n) is 5.34. The van der Waals surface area contributed by atoms with Crippen molar-refractivity contribution in [3.8, 4) is 0 Å². The molecule has 0 amide bonds. The second-order valence-electron chi connectivity index (χ2n) is 7.01. The van der Waals surface area contributed by atoms with E-state index in [1.165, 1.54) is 41.4 Å². The van der Waals surface area contributed by atoms with Crippen molar-refractivity contribution < 1.29 is 0 Å². The van der Waals surface area contributed by atoms with Crippen molar-refractivity contribution in [1.82, 2.24) is 9.88 Å². The second-order valence-corrected chi connectivity index (χ2v) is 7.01. The topological polar surface area (TPSA) is 19.0 Å². The minimum Gasteiger partial charge on any atom is -0.361 e. The van der Waals surface area contributed by atoms with Gasteiger partial charge in [0, 0.05) is 36.7 Å². The van der Waals surface area contributed by atoms with Crippen LogP contribution in [0.4, 0.5) is 0 Å². The lowest BCUT2D eigenvalue weighted by Crippen LogP contribution is -2.30. The van der Waals surface area contributed by atoms with Crippen molar-refractivity contribution in [2.75, 3.05) is 19.6 Å². The van der Waals surface area contributed by atoms with Crippen LogP contribution in [0.5, 0.6) is 0 Å². The zero-order chi connectivity index (χ0) is 16.9. The lowest BCUT2D eigenvalue weighted by atomic mass is 9.99. The monoisotopic (exact) mass is 330 g/mol. The van der Waals surface area contributed by atoms with E-state index in [0.717, 1.165) is 25.9 Å². The molecule has 1 aromatic heterocycles. The van der Waals surface area contributed by atoms with E-state index in [1.54, 1.807) is 5.57 Å². The molecule has 0 unspecified atom stereocenters. The van der Waals surface area contributed by atoms with Crippen LogP contribution in [0.15, 0.2) is 72.4 Å². The van der Waals surface area contributed by atoms with Gasteiger partial charge in [0.25, 0.3) is 0 Å². The Labute approximate surface area is 150 Å². The van der Waals surface area contributed by atoms with Gasteiger partial charge in [-0.3, -0.25) is 4.90 Å². The van der Waals surface area contributed by atoms with E-state index >= 15 is 0 Å². The molecule has 0 saturated heterocycles. The first kappa shape index (κ1) is 16.2. The van der Waals surface area contributed by atoms with E-state index in [4.69, 9.17) is 0 Å². The highest BCUT2D eigenvalue weighted by molar-refractivity contribution is 5.83. The molecule has 3 aromatic rings. The molecule has 0 saturated carbocycles. The van der Waals surface area contributed by atoms with Crippen LogP contribution in [-0.2, 0) is 12.8 Å². The van der Waals surface area contributed by atoms with Gasteiger partial charge in [-0.15, -0.1) is 0 Å². The Morgan fingerprint density at radius 3 is 2.56 bits per heavy atom. The SMILES string of the molecule is C1=C(CCc2c[nH]c3ccccc23)CCN(CCc2ccccc2)C1. The fourth-order valence-corrected chi connectivity index (χ4v) is 3.75. The second kappa shape index (κ2) is 7.71. The highest BCUT2D eigenvalue weighted by atomic mass is 15.1. The van der Waals surface area contributed by atoms with Gasteiger partial charge < -0.3 is 4.98 Å². The van der Waals surface area contributed by atoms with Crippen LogP contribution in [0.1, 0.15) is 24.0 Å². The molecule has 25 heavy (non-hydrogen) atoms. The molecule has 0 radical (unpaired) electrons. The minimum atomic E-state index is 1.11. The Morgan fingerprint density at radius 2 is 1.72 bits per heavy atom. The molecule has 1 aliphatic heterocycles. The maximum atomic E-state index is 3.39. The number of benzene rings is 2. The highest BCUT2D eigenvalue weighted by Crippen LogP contribution is 2.22. The third-order valence-corrected chi connectivity index (χ3v) is 5.34. The fraction of sp³-hybridized carbons (Fsp3) is 0.304. The molecule has 2 heteroatoms. The number of H-pyrrole nitrogens is 1. The molecule has 4 rings (SSSR count). The molecule has 0 bridgehead atoms. The van der Waals surface area contributed by atoms with Crippen LogP contribution in [0.3, 0.4) is 0 Å². The van der Waals surface area contributed by atoms with Gasteiger partial charge in [-0.2, -0.15) is 0 Å². The summed E-state index contributed by atoms with van der Waals surface area (Å²) >= 11 is 0. The Kier molecular flexibility index (Phi) is 4.98. The maximum Gasteiger partial charge on any atom is 0.0456 e. The zero-order valence-corrected chi connectivity index (χ0v) is 14.7. The molecule has 1 N–H and O–H groups in total. The number of para-hydroxylation sites is 1. The summed E-state index contributed by atoms with van der Waals surface area (Å²) in [6.07, 6.45) is 9.34. The van der Waals surface area contributed by atoms with Crippen molar-refractivity contribution in [3.05, 3.63) is 83.6 Å². The summed E-state index contributed by atoms with van der Waals surface area (Å²) in [6, 6.07) is 19.4. The quantitative estimate of drug-likeness (QED) is 0.632. The van der Waals surface area contributed by atoms with Gasteiger partial charge in [0.15, 0.2) is 0 Å². The predicted molar refractivity (Wildman–Crippen MR) is 106 cm³/mol. The van der Waals surface area contributed by atoms with E-state index in [0.29, 0.717) is 0 Å². The van der Waals surface area contributed by atoms with E-state index in [-0.39, 0.29) is 0 Å². The van der Waals surface area contributed by atoms with Crippen molar-refractivity contribution in [1.29, 1.82) is 0 Å². The number of rotatable bonds is 6. The first-order valence-electron chi connectivity index (χ1n) is 9.38. The fourth-order valence-electron chi connectivity index (χ4n) is 3.75. The van der Waals surface area contributed by atoms with Gasteiger partial charge in [-0.25, -0.2) is 0 Å². The summed E-state index contributed by atoms with van der Waals surface area (Å²) in [6.45, 7) is 3.47. The molecule has 128 valence electrons. The molecule has 0 atom stereocenters.